The van der Waals surface area contributed by atoms with Gasteiger partial charge in [-0.05, 0) is 31.7 Å². The van der Waals surface area contributed by atoms with Gasteiger partial charge >= 0.3 is 0 Å². The summed E-state index contributed by atoms with van der Waals surface area (Å²) in [6.07, 6.45) is 1.38. The molecule has 1 aromatic carbocycles. The van der Waals surface area contributed by atoms with E-state index in [2.05, 4.69) is 0 Å². The Balaban J connectivity index is 2.36. The van der Waals surface area contributed by atoms with E-state index in [1.165, 1.54) is 0 Å². The zero-order chi connectivity index (χ0) is 15.8. The zero-order valence-electron chi connectivity index (χ0n) is 11.5. The molecule has 8 heteroatoms. The minimum absolute atomic E-state index is 0.0399. The predicted octanol–water partition coefficient (Wildman–Crippen LogP) is 1.85. The zero-order valence-corrected chi connectivity index (χ0v) is 12.3. The summed E-state index contributed by atoms with van der Waals surface area (Å²) in [5, 5.41) is 0. The van der Waals surface area contributed by atoms with E-state index in [1.807, 2.05) is 0 Å². The minimum Gasteiger partial charge on any atom is -0.328 e. The molecule has 1 aliphatic heterocycles. The molecular formula is C13H17F3N2O2S. The van der Waals surface area contributed by atoms with Crippen LogP contribution in [0.2, 0.25) is 0 Å². The van der Waals surface area contributed by atoms with Crippen molar-refractivity contribution < 1.29 is 21.6 Å². The second-order valence-electron chi connectivity index (χ2n) is 5.32. The Morgan fingerprint density at radius 1 is 1.24 bits per heavy atom. The van der Waals surface area contributed by atoms with E-state index in [-0.39, 0.29) is 31.1 Å². The van der Waals surface area contributed by atoms with Gasteiger partial charge in [-0.15, -0.1) is 0 Å². The van der Waals surface area contributed by atoms with Gasteiger partial charge in [-0.2, -0.15) is 4.31 Å². The Morgan fingerprint density at radius 3 is 2.48 bits per heavy atom. The van der Waals surface area contributed by atoms with Crippen LogP contribution in [0.5, 0.6) is 0 Å². The van der Waals surface area contributed by atoms with Gasteiger partial charge in [-0.3, -0.25) is 0 Å². The molecule has 0 unspecified atom stereocenters. The van der Waals surface area contributed by atoms with Crippen molar-refractivity contribution in [2.45, 2.75) is 30.7 Å². The highest BCUT2D eigenvalue weighted by molar-refractivity contribution is 7.89. The Hall–Kier alpha value is -1.12. The fourth-order valence-electron chi connectivity index (χ4n) is 2.46. The van der Waals surface area contributed by atoms with Crippen LogP contribution in [-0.2, 0) is 10.0 Å². The fourth-order valence-corrected chi connectivity index (χ4v) is 4.06. The monoisotopic (exact) mass is 322 g/mol. The first kappa shape index (κ1) is 16.3. The number of nitrogens with zero attached hydrogens (tertiary/aromatic N) is 1. The number of halogens is 3. The van der Waals surface area contributed by atoms with E-state index in [1.54, 1.807) is 6.92 Å². The maximum Gasteiger partial charge on any atom is 0.246 e. The third kappa shape index (κ3) is 3.22. The average molecular weight is 322 g/mol. The van der Waals surface area contributed by atoms with Crippen LogP contribution >= 0.6 is 0 Å². The summed E-state index contributed by atoms with van der Waals surface area (Å²) < 4.78 is 65.7. The summed E-state index contributed by atoms with van der Waals surface area (Å²) in [4.78, 5) is -0.841. The van der Waals surface area contributed by atoms with Gasteiger partial charge in [-0.1, -0.05) is 0 Å². The van der Waals surface area contributed by atoms with Gasteiger partial charge < -0.3 is 5.73 Å². The first-order valence-corrected chi connectivity index (χ1v) is 8.07. The molecule has 0 aromatic heterocycles. The van der Waals surface area contributed by atoms with Gasteiger partial charge in [0.25, 0.3) is 0 Å². The number of rotatable bonds is 3. The standard InChI is InChI=1S/C13H17F3N2O2S/c1-8(17)9-3-2-4-18(7-9)21(19,20)13-6-11(15)10(14)5-12(13)16/h5-6,8-9H,2-4,7,17H2,1H3/t8-,9+/m0/s1. The van der Waals surface area contributed by atoms with E-state index in [0.29, 0.717) is 12.5 Å². The molecule has 0 bridgehead atoms. The molecule has 2 atom stereocenters. The molecule has 118 valence electrons. The van der Waals surface area contributed by atoms with E-state index in [0.717, 1.165) is 10.7 Å². The van der Waals surface area contributed by atoms with Crippen LogP contribution in [0.25, 0.3) is 0 Å². The van der Waals surface area contributed by atoms with Gasteiger partial charge in [0.05, 0.1) is 0 Å². The molecule has 0 radical (unpaired) electrons. The van der Waals surface area contributed by atoms with Crippen molar-refractivity contribution >= 4 is 10.0 Å². The van der Waals surface area contributed by atoms with Crippen molar-refractivity contribution in [2.24, 2.45) is 11.7 Å². The van der Waals surface area contributed by atoms with E-state index in [4.69, 9.17) is 5.73 Å². The highest BCUT2D eigenvalue weighted by atomic mass is 32.2. The lowest BCUT2D eigenvalue weighted by atomic mass is 9.93. The number of nitrogens with two attached hydrogens (primary N) is 1. The van der Waals surface area contributed by atoms with Crippen LogP contribution in [0.3, 0.4) is 0 Å². The van der Waals surface area contributed by atoms with E-state index in [9.17, 15) is 21.6 Å². The molecule has 1 aliphatic rings. The van der Waals surface area contributed by atoms with Crippen LogP contribution in [0.4, 0.5) is 13.2 Å². The van der Waals surface area contributed by atoms with Crippen LogP contribution in [0.15, 0.2) is 17.0 Å². The lowest BCUT2D eigenvalue weighted by Crippen LogP contribution is -2.45. The first-order valence-electron chi connectivity index (χ1n) is 6.63. The molecule has 4 nitrogen and oxygen atoms in total. The van der Waals surface area contributed by atoms with E-state index < -0.39 is 32.4 Å². The molecule has 0 spiro atoms. The van der Waals surface area contributed by atoms with Crippen molar-refractivity contribution in [1.82, 2.24) is 4.31 Å². The normalized spacial score (nSPS) is 22.2. The van der Waals surface area contributed by atoms with Crippen molar-refractivity contribution in [3.63, 3.8) is 0 Å². The maximum atomic E-state index is 13.7. The SMILES string of the molecule is C[C@H](N)[C@@H]1CCCN(S(=O)(=O)c2cc(F)c(F)cc2F)C1. The molecule has 1 heterocycles. The molecule has 1 saturated heterocycles. The number of benzene rings is 1. The molecule has 1 fully saturated rings. The molecule has 0 aliphatic carbocycles. The average Bonchev–Trinajstić information content (AvgIpc) is 2.42. The lowest BCUT2D eigenvalue weighted by Gasteiger charge is -2.33. The summed E-state index contributed by atoms with van der Waals surface area (Å²) in [6.45, 7) is 2.14. The number of piperidine rings is 1. The molecule has 2 rings (SSSR count). The molecule has 21 heavy (non-hydrogen) atoms. The Labute approximate surface area is 121 Å². The topological polar surface area (TPSA) is 63.4 Å². The predicted molar refractivity (Wildman–Crippen MR) is 71.4 cm³/mol. The Bertz CT molecular complexity index is 635. The summed E-state index contributed by atoms with van der Waals surface area (Å²) in [7, 11) is -4.20. The lowest BCUT2D eigenvalue weighted by molar-refractivity contribution is 0.242. The van der Waals surface area contributed by atoms with Gasteiger partial charge in [0, 0.05) is 25.2 Å². The second kappa shape index (κ2) is 5.94. The maximum absolute atomic E-state index is 13.7. The van der Waals surface area contributed by atoms with Crippen molar-refractivity contribution in [2.75, 3.05) is 13.1 Å². The molecule has 0 amide bonds. The third-order valence-corrected chi connectivity index (χ3v) is 5.64. The van der Waals surface area contributed by atoms with Gasteiger partial charge in [0.2, 0.25) is 10.0 Å². The molecular weight excluding hydrogens is 305 g/mol. The quantitative estimate of drug-likeness (QED) is 0.864. The molecule has 2 N–H and O–H groups in total. The third-order valence-electron chi connectivity index (χ3n) is 3.76. The summed E-state index contributed by atoms with van der Waals surface area (Å²) in [5.41, 5.74) is 5.78. The minimum atomic E-state index is -4.20. The largest absolute Gasteiger partial charge is 0.328 e. The molecule has 1 aromatic rings. The van der Waals surface area contributed by atoms with Gasteiger partial charge in [0.1, 0.15) is 10.7 Å². The van der Waals surface area contributed by atoms with Crippen LogP contribution < -0.4 is 5.73 Å². The van der Waals surface area contributed by atoms with Crippen LogP contribution in [0, 0.1) is 23.4 Å². The first-order chi connectivity index (χ1) is 9.73. The molecule has 0 saturated carbocycles. The number of sulfonamides is 1. The van der Waals surface area contributed by atoms with Crippen LogP contribution in [0.1, 0.15) is 19.8 Å². The Morgan fingerprint density at radius 2 is 1.86 bits per heavy atom. The summed E-state index contributed by atoms with van der Waals surface area (Å²) >= 11 is 0. The summed E-state index contributed by atoms with van der Waals surface area (Å²) in [6, 6.07) is 0.433. The second-order valence-corrected chi connectivity index (χ2v) is 7.23. The smallest absolute Gasteiger partial charge is 0.246 e. The summed E-state index contributed by atoms with van der Waals surface area (Å²) in [5.74, 6) is -4.15. The van der Waals surface area contributed by atoms with Crippen LogP contribution in [-0.4, -0.2) is 31.9 Å². The van der Waals surface area contributed by atoms with Gasteiger partial charge in [-0.25, -0.2) is 21.6 Å². The number of hydrogen-bond acceptors (Lipinski definition) is 3. The van der Waals surface area contributed by atoms with Crippen molar-refractivity contribution in [3.8, 4) is 0 Å². The van der Waals surface area contributed by atoms with Crippen molar-refractivity contribution in [1.29, 1.82) is 0 Å². The van der Waals surface area contributed by atoms with Gasteiger partial charge in [0.15, 0.2) is 11.6 Å². The number of hydrogen-bond donors (Lipinski definition) is 1. The highest BCUT2D eigenvalue weighted by Crippen LogP contribution is 2.27. The fraction of sp³-hybridized carbons (Fsp3) is 0.538. The highest BCUT2D eigenvalue weighted by Gasteiger charge is 2.33. The van der Waals surface area contributed by atoms with Crippen molar-refractivity contribution in [3.05, 3.63) is 29.6 Å². The van der Waals surface area contributed by atoms with E-state index >= 15 is 0 Å². The Kier molecular flexibility index (Phi) is 4.60.